The summed E-state index contributed by atoms with van der Waals surface area (Å²) in [5, 5.41) is 2.84. The van der Waals surface area contributed by atoms with Crippen molar-refractivity contribution in [2.24, 2.45) is 0 Å². The number of ether oxygens (including phenoxy) is 1. The fraction of sp³-hybridized carbons (Fsp3) is 0.235. The highest BCUT2D eigenvalue weighted by atomic mass is 79.9. The van der Waals surface area contributed by atoms with Crippen LogP contribution in [0.3, 0.4) is 0 Å². The average Bonchev–Trinajstić information content (AvgIpc) is 2.50. The summed E-state index contributed by atoms with van der Waals surface area (Å²) < 4.78 is 6.75. The molecule has 2 aromatic rings. The molecule has 0 aliphatic heterocycles. The molecular formula is C17H18BrNO2. The highest BCUT2D eigenvalue weighted by Gasteiger charge is 2.16. The Kier molecular flexibility index (Phi) is 5.39. The maximum Gasteiger partial charge on any atom is 0.265 e. The molecular weight excluding hydrogens is 330 g/mol. The van der Waals surface area contributed by atoms with Crippen molar-refractivity contribution < 1.29 is 9.53 Å². The van der Waals surface area contributed by atoms with E-state index < -0.39 is 6.10 Å². The molecule has 0 saturated heterocycles. The van der Waals surface area contributed by atoms with Crippen molar-refractivity contribution in [2.75, 3.05) is 5.32 Å². The van der Waals surface area contributed by atoms with E-state index in [0.29, 0.717) is 0 Å². The van der Waals surface area contributed by atoms with E-state index in [4.69, 9.17) is 4.74 Å². The molecule has 110 valence electrons. The Morgan fingerprint density at radius 2 is 1.86 bits per heavy atom. The summed E-state index contributed by atoms with van der Waals surface area (Å²) in [5.41, 5.74) is 1.85. The van der Waals surface area contributed by atoms with Gasteiger partial charge in [-0.25, -0.2) is 0 Å². The van der Waals surface area contributed by atoms with Crippen LogP contribution in [0.5, 0.6) is 5.75 Å². The van der Waals surface area contributed by atoms with E-state index in [1.165, 1.54) is 0 Å². The van der Waals surface area contributed by atoms with Crippen LogP contribution in [0, 0.1) is 0 Å². The number of para-hydroxylation sites is 1. The smallest absolute Gasteiger partial charge is 0.265 e. The fourth-order valence-electron chi connectivity index (χ4n) is 1.93. The molecule has 4 heteroatoms. The number of nitrogens with one attached hydrogen (secondary N) is 1. The zero-order valence-corrected chi connectivity index (χ0v) is 13.7. The molecule has 0 aliphatic carbocycles. The number of halogens is 1. The van der Waals surface area contributed by atoms with Crippen LogP contribution in [0.1, 0.15) is 19.4 Å². The van der Waals surface area contributed by atoms with Crippen molar-refractivity contribution in [1.82, 2.24) is 0 Å². The van der Waals surface area contributed by atoms with E-state index in [9.17, 15) is 4.79 Å². The van der Waals surface area contributed by atoms with E-state index in [0.717, 1.165) is 27.9 Å². The second-order valence-electron chi connectivity index (χ2n) is 4.72. The Hall–Kier alpha value is -1.81. The van der Waals surface area contributed by atoms with Crippen molar-refractivity contribution in [1.29, 1.82) is 0 Å². The van der Waals surface area contributed by atoms with Gasteiger partial charge in [-0.3, -0.25) is 4.79 Å². The number of benzene rings is 2. The maximum atomic E-state index is 12.2. The predicted octanol–water partition coefficient (Wildman–Crippen LogP) is 4.42. The molecule has 0 radical (unpaired) electrons. The highest BCUT2D eigenvalue weighted by molar-refractivity contribution is 9.10. The third-order valence-corrected chi connectivity index (χ3v) is 3.67. The quantitative estimate of drug-likeness (QED) is 0.869. The van der Waals surface area contributed by atoms with Crippen LogP contribution >= 0.6 is 15.9 Å². The lowest BCUT2D eigenvalue weighted by atomic mass is 10.1. The number of carbonyl (C=O) groups excluding carboxylic acids is 1. The van der Waals surface area contributed by atoms with Crippen LogP contribution in [0.15, 0.2) is 53.0 Å². The Morgan fingerprint density at radius 3 is 2.52 bits per heavy atom. The molecule has 0 aromatic heterocycles. The predicted molar refractivity (Wildman–Crippen MR) is 88.7 cm³/mol. The lowest BCUT2D eigenvalue weighted by molar-refractivity contribution is -0.122. The Bertz CT molecular complexity index is 610. The SMILES string of the molecule is CCc1ccccc1OC(C)C(=O)Nc1ccc(Br)cc1. The Labute approximate surface area is 133 Å². The van der Waals surface area contributed by atoms with Gasteiger partial charge in [0.05, 0.1) is 0 Å². The van der Waals surface area contributed by atoms with Crippen LogP contribution in [-0.4, -0.2) is 12.0 Å². The molecule has 2 rings (SSSR count). The van der Waals surface area contributed by atoms with Crippen LogP contribution in [-0.2, 0) is 11.2 Å². The molecule has 0 saturated carbocycles. The van der Waals surface area contributed by atoms with Gasteiger partial charge >= 0.3 is 0 Å². The highest BCUT2D eigenvalue weighted by Crippen LogP contribution is 2.20. The van der Waals surface area contributed by atoms with E-state index in [2.05, 4.69) is 28.2 Å². The van der Waals surface area contributed by atoms with Gasteiger partial charge in [0.1, 0.15) is 5.75 Å². The largest absolute Gasteiger partial charge is 0.481 e. The average molecular weight is 348 g/mol. The molecule has 21 heavy (non-hydrogen) atoms. The van der Waals surface area contributed by atoms with Crippen LogP contribution in [0.25, 0.3) is 0 Å². The molecule has 1 atom stereocenters. The van der Waals surface area contributed by atoms with Crippen LogP contribution in [0.4, 0.5) is 5.69 Å². The number of aryl methyl sites for hydroxylation is 1. The molecule has 0 spiro atoms. The molecule has 2 aromatic carbocycles. The standard InChI is InChI=1S/C17H18BrNO2/c1-3-13-6-4-5-7-16(13)21-12(2)17(20)19-15-10-8-14(18)9-11-15/h4-12H,3H2,1-2H3,(H,19,20). The first-order chi connectivity index (χ1) is 10.1. The molecule has 0 heterocycles. The van der Waals surface area contributed by atoms with E-state index in [1.807, 2.05) is 48.5 Å². The fourth-order valence-corrected chi connectivity index (χ4v) is 2.20. The number of hydrogen-bond donors (Lipinski definition) is 1. The Morgan fingerprint density at radius 1 is 1.19 bits per heavy atom. The number of rotatable bonds is 5. The topological polar surface area (TPSA) is 38.3 Å². The number of anilines is 1. The summed E-state index contributed by atoms with van der Waals surface area (Å²) in [4.78, 5) is 12.2. The van der Waals surface area contributed by atoms with Gasteiger partial charge < -0.3 is 10.1 Å². The lowest BCUT2D eigenvalue weighted by Gasteiger charge is -2.17. The first-order valence-corrected chi connectivity index (χ1v) is 7.70. The van der Waals surface area contributed by atoms with Crippen LogP contribution < -0.4 is 10.1 Å². The van der Waals surface area contributed by atoms with E-state index in [1.54, 1.807) is 6.92 Å². The summed E-state index contributed by atoms with van der Waals surface area (Å²) >= 11 is 3.36. The third-order valence-electron chi connectivity index (χ3n) is 3.14. The van der Waals surface area contributed by atoms with Gasteiger partial charge in [0.25, 0.3) is 5.91 Å². The minimum absolute atomic E-state index is 0.164. The van der Waals surface area contributed by atoms with Crippen molar-refractivity contribution >= 4 is 27.5 Å². The minimum atomic E-state index is -0.554. The van der Waals surface area contributed by atoms with E-state index in [-0.39, 0.29) is 5.91 Å². The number of amides is 1. The van der Waals surface area contributed by atoms with Gasteiger partial charge in [-0.2, -0.15) is 0 Å². The summed E-state index contributed by atoms with van der Waals surface area (Å²) in [6.45, 7) is 3.81. The van der Waals surface area contributed by atoms with Crippen molar-refractivity contribution in [3.8, 4) is 5.75 Å². The summed E-state index contributed by atoms with van der Waals surface area (Å²) in [6, 6.07) is 15.2. The molecule has 0 bridgehead atoms. The molecule has 1 unspecified atom stereocenters. The molecule has 3 nitrogen and oxygen atoms in total. The van der Waals surface area contributed by atoms with Crippen molar-refractivity contribution in [3.63, 3.8) is 0 Å². The zero-order chi connectivity index (χ0) is 15.2. The van der Waals surface area contributed by atoms with Gasteiger partial charge in [-0.1, -0.05) is 41.1 Å². The van der Waals surface area contributed by atoms with Crippen LogP contribution in [0.2, 0.25) is 0 Å². The van der Waals surface area contributed by atoms with Gasteiger partial charge in [0, 0.05) is 10.2 Å². The van der Waals surface area contributed by atoms with Gasteiger partial charge in [-0.15, -0.1) is 0 Å². The van der Waals surface area contributed by atoms with Gasteiger partial charge in [0.15, 0.2) is 6.10 Å². The van der Waals surface area contributed by atoms with E-state index >= 15 is 0 Å². The maximum absolute atomic E-state index is 12.2. The Balaban J connectivity index is 2.01. The number of hydrogen-bond acceptors (Lipinski definition) is 2. The number of carbonyl (C=O) groups is 1. The third kappa shape index (κ3) is 4.33. The second kappa shape index (κ2) is 7.27. The van der Waals surface area contributed by atoms with Gasteiger partial charge in [-0.05, 0) is 49.2 Å². The monoisotopic (exact) mass is 347 g/mol. The second-order valence-corrected chi connectivity index (χ2v) is 5.63. The zero-order valence-electron chi connectivity index (χ0n) is 12.1. The summed E-state index contributed by atoms with van der Waals surface area (Å²) in [5.74, 6) is 0.599. The first-order valence-electron chi connectivity index (χ1n) is 6.91. The lowest BCUT2D eigenvalue weighted by Crippen LogP contribution is -2.30. The van der Waals surface area contributed by atoms with Gasteiger partial charge in [0.2, 0.25) is 0 Å². The van der Waals surface area contributed by atoms with Crippen molar-refractivity contribution in [2.45, 2.75) is 26.4 Å². The van der Waals surface area contributed by atoms with Crippen molar-refractivity contribution in [3.05, 3.63) is 58.6 Å². The molecule has 1 N–H and O–H groups in total. The normalized spacial score (nSPS) is 11.8. The molecule has 0 fully saturated rings. The molecule has 1 amide bonds. The first kappa shape index (κ1) is 15.6. The summed E-state index contributed by atoms with van der Waals surface area (Å²) in [7, 11) is 0. The minimum Gasteiger partial charge on any atom is -0.481 e. The molecule has 0 aliphatic rings. The summed E-state index contributed by atoms with van der Waals surface area (Å²) in [6.07, 6.45) is 0.318.